The van der Waals surface area contributed by atoms with Gasteiger partial charge in [-0.2, -0.15) is 0 Å². The SMILES string of the molecule is CCCCC(CC)COC(CN)c1ccccc1C. The van der Waals surface area contributed by atoms with Gasteiger partial charge in [0.25, 0.3) is 0 Å². The van der Waals surface area contributed by atoms with Gasteiger partial charge in [0.15, 0.2) is 0 Å². The zero-order valence-electron chi connectivity index (χ0n) is 12.7. The quantitative estimate of drug-likeness (QED) is 0.723. The van der Waals surface area contributed by atoms with Crippen molar-refractivity contribution < 1.29 is 4.74 Å². The van der Waals surface area contributed by atoms with Crippen LogP contribution >= 0.6 is 0 Å². The molecule has 0 aromatic heterocycles. The smallest absolute Gasteiger partial charge is 0.0949 e. The minimum absolute atomic E-state index is 0.0388. The molecule has 0 amide bonds. The van der Waals surface area contributed by atoms with Crippen LogP contribution in [0.2, 0.25) is 0 Å². The summed E-state index contributed by atoms with van der Waals surface area (Å²) < 4.78 is 6.08. The summed E-state index contributed by atoms with van der Waals surface area (Å²) in [7, 11) is 0. The molecule has 2 atom stereocenters. The Morgan fingerprint density at radius 3 is 2.53 bits per heavy atom. The van der Waals surface area contributed by atoms with Gasteiger partial charge in [-0.05, 0) is 30.4 Å². The molecule has 2 unspecified atom stereocenters. The zero-order valence-corrected chi connectivity index (χ0v) is 12.7. The van der Waals surface area contributed by atoms with Crippen molar-refractivity contribution in [3.63, 3.8) is 0 Å². The van der Waals surface area contributed by atoms with Gasteiger partial charge in [0, 0.05) is 6.54 Å². The van der Waals surface area contributed by atoms with Gasteiger partial charge in [-0.1, -0.05) is 57.4 Å². The van der Waals surface area contributed by atoms with Crippen LogP contribution in [-0.2, 0) is 4.74 Å². The van der Waals surface area contributed by atoms with Crippen molar-refractivity contribution in [2.75, 3.05) is 13.2 Å². The van der Waals surface area contributed by atoms with Crippen molar-refractivity contribution in [2.24, 2.45) is 11.7 Å². The molecular weight excluding hydrogens is 234 g/mol. The molecule has 0 spiro atoms. The number of benzene rings is 1. The van der Waals surface area contributed by atoms with Crippen LogP contribution in [0.25, 0.3) is 0 Å². The number of rotatable bonds is 9. The summed E-state index contributed by atoms with van der Waals surface area (Å²) in [6.45, 7) is 7.98. The van der Waals surface area contributed by atoms with Crippen LogP contribution in [0.3, 0.4) is 0 Å². The second-order valence-electron chi connectivity index (χ2n) is 5.33. The Morgan fingerprint density at radius 1 is 1.21 bits per heavy atom. The van der Waals surface area contributed by atoms with Crippen molar-refractivity contribution in [2.45, 2.75) is 52.6 Å². The first-order chi connectivity index (χ1) is 9.22. The topological polar surface area (TPSA) is 35.2 Å². The standard InChI is InChI=1S/C17H29NO/c1-4-6-10-15(5-2)13-19-17(12-18)16-11-8-7-9-14(16)3/h7-9,11,15,17H,4-6,10,12-13,18H2,1-3H3. The average molecular weight is 263 g/mol. The Kier molecular flexibility index (Phi) is 7.76. The highest BCUT2D eigenvalue weighted by Crippen LogP contribution is 2.22. The fraction of sp³-hybridized carbons (Fsp3) is 0.647. The van der Waals surface area contributed by atoms with Crippen molar-refractivity contribution in [3.8, 4) is 0 Å². The summed E-state index contributed by atoms with van der Waals surface area (Å²) in [6.07, 6.45) is 5.04. The number of aryl methyl sites for hydroxylation is 1. The zero-order chi connectivity index (χ0) is 14.1. The maximum absolute atomic E-state index is 6.08. The molecule has 0 saturated heterocycles. The Labute approximate surface area is 118 Å². The summed E-state index contributed by atoms with van der Waals surface area (Å²) in [5.41, 5.74) is 8.37. The normalized spacial score (nSPS) is 14.3. The van der Waals surface area contributed by atoms with Crippen LogP contribution in [0, 0.1) is 12.8 Å². The molecule has 0 heterocycles. The highest BCUT2D eigenvalue weighted by molar-refractivity contribution is 5.27. The first kappa shape index (κ1) is 16.2. The van der Waals surface area contributed by atoms with Gasteiger partial charge in [0.2, 0.25) is 0 Å². The van der Waals surface area contributed by atoms with E-state index < -0.39 is 0 Å². The van der Waals surface area contributed by atoms with Crippen LogP contribution in [0.5, 0.6) is 0 Å². The molecule has 1 rings (SSSR count). The molecule has 0 aliphatic rings. The molecule has 19 heavy (non-hydrogen) atoms. The van der Waals surface area contributed by atoms with Gasteiger partial charge in [-0.25, -0.2) is 0 Å². The Balaban J connectivity index is 2.55. The molecule has 1 aromatic carbocycles. The average Bonchev–Trinajstić information content (AvgIpc) is 2.44. The molecule has 2 nitrogen and oxygen atoms in total. The number of hydrogen-bond acceptors (Lipinski definition) is 2. The summed E-state index contributed by atoms with van der Waals surface area (Å²) in [5, 5.41) is 0. The third kappa shape index (κ3) is 5.33. The van der Waals surface area contributed by atoms with Crippen molar-refractivity contribution in [1.29, 1.82) is 0 Å². The lowest BCUT2D eigenvalue weighted by Gasteiger charge is -2.22. The first-order valence-electron chi connectivity index (χ1n) is 7.60. The summed E-state index contributed by atoms with van der Waals surface area (Å²) in [5.74, 6) is 0.665. The van der Waals surface area contributed by atoms with Gasteiger partial charge in [0.05, 0.1) is 12.7 Å². The molecule has 2 heteroatoms. The monoisotopic (exact) mass is 263 g/mol. The number of nitrogens with two attached hydrogens (primary N) is 1. The van der Waals surface area contributed by atoms with E-state index in [0.29, 0.717) is 12.5 Å². The largest absolute Gasteiger partial charge is 0.372 e. The van der Waals surface area contributed by atoms with Crippen molar-refractivity contribution >= 4 is 0 Å². The van der Waals surface area contributed by atoms with Crippen LogP contribution in [0.1, 0.15) is 56.8 Å². The molecule has 108 valence electrons. The Morgan fingerprint density at radius 2 is 1.95 bits per heavy atom. The van der Waals surface area contributed by atoms with Gasteiger partial charge in [-0.3, -0.25) is 0 Å². The van der Waals surface area contributed by atoms with E-state index in [1.165, 1.54) is 36.8 Å². The van der Waals surface area contributed by atoms with Gasteiger partial charge >= 0.3 is 0 Å². The minimum Gasteiger partial charge on any atom is -0.372 e. The molecule has 0 saturated carbocycles. The summed E-state index contributed by atoms with van der Waals surface area (Å²) in [6, 6.07) is 8.36. The fourth-order valence-corrected chi connectivity index (χ4v) is 2.38. The van der Waals surface area contributed by atoms with Gasteiger partial charge < -0.3 is 10.5 Å². The molecule has 0 radical (unpaired) electrons. The summed E-state index contributed by atoms with van der Waals surface area (Å²) >= 11 is 0. The lowest BCUT2D eigenvalue weighted by molar-refractivity contribution is 0.0296. The van der Waals surface area contributed by atoms with Crippen LogP contribution in [0.4, 0.5) is 0 Å². The second-order valence-corrected chi connectivity index (χ2v) is 5.33. The van der Waals surface area contributed by atoms with Crippen LogP contribution < -0.4 is 5.73 Å². The second kappa shape index (κ2) is 9.11. The highest BCUT2D eigenvalue weighted by Gasteiger charge is 2.14. The van der Waals surface area contributed by atoms with E-state index in [1.807, 2.05) is 0 Å². The van der Waals surface area contributed by atoms with E-state index in [-0.39, 0.29) is 6.10 Å². The Bertz CT molecular complexity index is 351. The molecular formula is C17H29NO. The molecule has 1 aromatic rings. The van der Waals surface area contributed by atoms with Gasteiger partial charge in [-0.15, -0.1) is 0 Å². The lowest BCUT2D eigenvalue weighted by Crippen LogP contribution is -2.20. The fourth-order valence-electron chi connectivity index (χ4n) is 2.38. The Hall–Kier alpha value is -0.860. The van der Waals surface area contributed by atoms with E-state index in [1.54, 1.807) is 0 Å². The molecule has 0 bridgehead atoms. The number of hydrogen-bond donors (Lipinski definition) is 1. The molecule has 0 aliphatic carbocycles. The van der Waals surface area contributed by atoms with E-state index in [0.717, 1.165) is 6.61 Å². The lowest BCUT2D eigenvalue weighted by atomic mass is 9.99. The molecule has 0 aliphatic heterocycles. The third-order valence-corrected chi connectivity index (χ3v) is 3.83. The van der Waals surface area contributed by atoms with E-state index in [4.69, 9.17) is 10.5 Å². The number of ether oxygens (including phenoxy) is 1. The predicted molar refractivity (Wildman–Crippen MR) is 82.2 cm³/mol. The molecule has 0 fully saturated rings. The maximum Gasteiger partial charge on any atom is 0.0949 e. The third-order valence-electron chi connectivity index (χ3n) is 3.83. The van der Waals surface area contributed by atoms with E-state index in [2.05, 4.69) is 45.0 Å². The molecule has 2 N–H and O–H groups in total. The van der Waals surface area contributed by atoms with Crippen LogP contribution in [-0.4, -0.2) is 13.2 Å². The predicted octanol–water partition coefficient (Wildman–Crippen LogP) is 4.23. The minimum atomic E-state index is 0.0388. The summed E-state index contributed by atoms with van der Waals surface area (Å²) in [4.78, 5) is 0. The van der Waals surface area contributed by atoms with Crippen molar-refractivity contribution in [1.82, 2.24) is 0 Å². The van der Waals surface area contributed by atoms with E-state index >= 15 is 0 Å². The highest BCUT2D eigenvalue weighted by atomic mass is 16.5. The van der Waals surface area contributed by atoms with E-state index in [9.17, 15) is 0 Å². The van der Waals surface area contributed by atoms with Crippen molar-refractivity contribution in [3.05, 3.63) is 35.4 Å². The first-order valence-corrected chi connectivity index (χ1v) is 7.60. The van der Waals surface area contributed by atoms with Gasteiger partial charge in [0.1, 0.15) is 0 Å². The maximum atomic E-state index is 6.08. The van der Waals surface area contributed by atoms with Crippen LogP contribution in [0.15, 0.2) is 24.3 Å². The number of unbranched alkanes of at least 4 members (excludes halogenated alkanes) is 1.